The van der Waals surface area contributed by atoms with E-state index in [0.717, 1.165) is 11.0 Å². The van der Waals surface area contributed by atoms with E-state index in [1.54, 1.807) is 6.92 Å². The maximum atomic E-state index is 5.58. The molecule has 0 aliphatic heterocycles. The summed E-state index contributed by atoms with van der Waals surface area (Å²) in [7, 11) is 0. The number of fused-ring (bicyclic) bond motifs is 1. The molecular formula is C11H12N4O. The minimum absolute atomic E-state index is 0.0736. The predicted molar refractivity (Wildman–Crippen MR) is 64.2 cm³/mol. The van der Waals surface area contributed by atoms with Crippen molar-refractivity contribution < 1.29 is 4.42 Å². The second-order valence-corrected chi connectivity index (χ2v) is 3.36. The molecule has 16 heavy (non-hydrogen) atoms. The minimum atomic E-state index is -0.0736. The number of nitrogens with two attached hydrogens (primary N) is 2. The predicted octanol–water partition coefficient (Wildman–Crippen LogP) is 1.43. The Kier molecular flexibility index (Phi) is 2.59. The Morgan fingerprint density at radius 2 is 1.94 bits per heavy atom. The largest absolute Gasteiger partial charge is 0.455 e. The molecule has 2 aromatic rings. The molecule has 0 fully saturated rings. The van der Waals surface area contributed by atoms with Crippen molar-refractivity contribution in [3.63, 3.8) is 0 Å². The monoisotopic (exact) mass is 216 g/mol. The maximum absolute atomic E-state index is 5.58. The van der Waals surface area contributed by atoms with Crippen molar-refractivity contribution in [3.05, 3.63) is 36.1 Å². The lowest BCUT2D eigenvalue weighted by atomic mass is 10.2. The van der Waals surface area contributed by atoms with E-state index in [-0.39, 0.29) is 5.96 Å². The highest BCUT2D eigenvalue weighted by atomic mass is 16.3. The lowest BCUT2D eigenvalue weighted by Crippen LogP contribution is -2.22. The topological polar surface area (TPSA) is 89.9 Å². The van der Waals surface area contributed by atoms with Gasteiger partial charge in [-0.05, 0) is 19.1 Å². The average molecular weight is 216 g/mol. The van der Waals surface area contributed by atoms with Crippen LogP contribution in [0.5, 0.6) is 0 Å². The molecule has 1 heterocycles. The van der Waals surface area contributed by atoms with E-state index >= 15 is 0 Å². The third-order valence-corrected chi connectivity index (χ3v) is 2.10. The fourth-order valence-corrected chi connectivity index (χ4v) is 1.34. The Morgan fingerprint density at radius 1 is 1.19 bits per heavy atom. The van der Waals surface area contributed by atoms with Gasteiger partial charge in [0.1, 0.15) is 11.3 Å². The number of guanidine groups is 1. The highest BCUT2D eigenvalue weighted by Gasteiger charge is 2.05. The molecule has 0 atom stereocenters. The first-order valence-corrected chi connectivity index (χ1v) is 4.79. The molecule has 0 radical (unpaired) electrons. The molecule has 0 spiro atoms. The summed E-state index contributed by atoms with van der Waals surface area (Å²) in [5.41, 5.74) is 11.8. The SMILES string of the molecule is CC(=NN=C(N)N)c1cc2ccccc2o1. The second-order valence-electron chi connectivity index (χ2n) is 3.36. The van der Waals surface area contributed by atoms with Crippen LogP contribution < -0.4 is 11.5 Å². The second kappa shape index (κ2) is 4.06. The number of rotatable bonds is 2. The van der Waals surface area contributed by atoms with E-state index in [9.17, 15) is 0 Å². The molecule has 5 nitrogen and oxygen atoms in total. The zero-order valence-corrected chi connectivity index (χ0v) is 8.84. The highest BCUT2D eigenvalue weighted by molar-refractivity contribution is 5.99. The van der Waals surface area contributed by atoms with Gasteiger partial charge in [0.15, 0.2) is 5.76 Å². The van der Waals surface area contributed by atoms with Crippen LogP contribution in [0.1, 0.15) is 12.7 Å². The summed E-state index contributed by atoms with van der Waals surface area (Å²) in [6.07, 6.45) is 0. The van der Waals surface area contributed by atoms with Crippen molar-refractivity contribution >= 4 is 22.6 Å². The highest BCUT2D eigenvalue weighted by Crippen LogP contribution is 2.19. The fourth-order valence-electron chi connectivity index (χ4n) is 1.34. The Labute approximate surface area is 92.4 Å². The average Bonchev–Trinajstić information content (AvgIpc) is 2.69. The lowest BCUT2D eigenvalue weighted by molar-refractivity contribution is 0.604. The molecule has 1 aromatic heterocycles. The first-order chi connectivity index (χ1) is 7.66. The lowest BCUT2D eigenvalue weighted by Gasteiger charge is -1.91. The summed E-state index contributed by atoms with van der Waals surface area (Å²) in [4.78, 5) is 0. The summed E-state index contributed by atoms with van der Waals surface area (Å²) < 4.78 is 5.58. The summed E-state index contributed by atoms with van der Waals surface area (Å²) in [6.45, 7) is 1.78. The Balaban J connectivity index is 2.40. The minimum Gasteiger partial charge on any atom is -0.455 e. The van der Waals surface area contributed by atoms with Crippen molar-refractivity contribution in [2.75, 3.05) is 0 Å². The maximum Gasteiger partial charge on any atom is 0.211 e. The van der Waals surface area contributed by atoms with Gasteiger partial charge in [0.05, 0.1) is 0 Å². The van der Waals surface area contributed by atoms with E-state index in [2.05, 4.69) is 10.2 Å². The van der Waals surface area contributed by atoms with Crippen LogP contribution in [-0.4, -0.2) is 11.7 Å². The van der Waals surface area contributed by atoms with E-state index in [1.165, 1.54) is 0 Å². The van der Waals surface area contributed by atoms with Crippen LogP contribution in [-0.2, 0) is 0 Å². The van der Waals surface area contributed by atoms with Crippen molar-refractivity contribution in [2.24, 2.45) is 21.7 Å². The number of para-hydroxylation sites is 1. The quantitative estimate of drug-likeness (QED) is 0.452. The standard InChI is InChI=1S/C11H12N4O/c1-7(14-15-11(12)13)10-6-8-4-2-3-5-9(8)16-10/h2-6H,1H3,(H4,12,13,15). The molecule has 0 saturated heterocycles. The van der Waals surface area contributed by atoms with Gasteiger partial charge >= 0.3 is 0 Å². The van der Waals surface area contributed by atoms with E-state index in [1.807, 2.05) is 30.3 Å². The molecule has 2 rings (SSSR count). The van der Waals surface area contributed by atoms with Crippen LogP contribution in [0.15, 0.2) is 45.0 Å². The van der Waals surface area contributed by atoms with Gasteiger partial charge in [-0.15, -0.1) is 10.2 Å². The molecule has 82 valence electrons. The zero-order chi connectivity index (χ0) is 11.5. The van der Waals surface area contributed by atoms with Crippen LogP contribution in [0.25, 0.3) is 11.0 Å². The Bertz CT molecular complexity index is 531. The summed E-state index contributed by atoms with van der Waals surface area (Å²) in [6, 6.07) is 9.63. The molecule has 0 aliphatic rings. The number of nitrogens with zero attached hydrogens (tertiary/aromatic N) is 2. The first-order valence-electron chi connectivity index (χ1n) is 4.79. The van der Waals surface area contributed by atoms with Crippen LogP contribution in [0, 0.1) is 0 Å². The van der Waals surface area contributed by atoms with Gasteiger partial charge < -0.3 is 15.9 Å². The van der Waals surface area contributed by atoms with Gasteiger partial charge in [-0.3, -0.25) is 0 Å². The first kappa shape index (κ1) is 10.2. The van der Waals surface area contributed by atoms with Crippen LogP contribution in [0.4, 0.5) is 0 Å². The summed E-state index contributed by atoms with van der Waals surface area (Å²) >= 11 is 0. The van der Waals surface area contributed by atoms with Crippen molar-refractivity contribution in [1.82, 2.24) is 0 Å². The van der Waals surface area contributed by atoms with Gasteiger partial charge in [-0.2, -0.15) is 0 Å². The van der Waals surface area contributed by atoms with E-state index in [4.69, 9.17) is 15.9 Å². The molecular weight excluding hydrogens is 204 g/mol. The van der Waals surface area contributed by atoms with Crippen LogP contribution in [0.2, 0.25) is 0 Å². The molecule has 0 unspecified atom stereocenters. The Morgan fingerprint density at radius 3 is 2.62 bits per heavy atom. The molecule has 0 aliphatic carbocycles. The Hall–Kier alpha value is -2.30. The van der Waals surface area contributed by atoms with Gasteiger partial charge in [0, 0.05) is 5.39 Å². The summed E-state index contributed by atoms with van der Waals surface area (Å²) in [5.74, 6) is 0.585. The zero-order valence-electron chi connectivity index (χ0n) is 8.84. The number of hydrogen-bond acceptors (Lipinski definition) is 3. The molecule has 5 heteroatoms. The van der Waals surface area contributed by atoms with E-state index in [0.29, 0.717) is 11.5 Å². The van der Waals surface area contributed by atoms with Crippen LogP contribution >= 0.6 is 0 Å². The van der Waals surface area contributed by atoms with Gasteiger partial charge in [0.2, 0.25) is 5.96 Å². The van der Waals surface area contributed by atoms with Crippen LogP contribution in [0.3, 0.4) is 0 Å². The van der Waals surface area contributed by atoms with Crippen molar-refractivity contribution in [2.45, 2.75) is 6.92 Å². The third kappa shape index (κ3) is 2.03. The summed E-state index contributed by atoms with van der Waals surface area (Å²) in [5, 5.41) is 8.45. The molecule has 0 bridgehead atoms. The number of benzene rings is 1. The smallest absolute Gasteiger partial charge is 0.211 e. The molecule has 1 aromatic carbocycles. The molecule has 4 N–H and O–H groups in total. The number of furan rings is 1. The van der Waals surface area contributed by atoms with Gasteiger partial charge in [-0.25, -0.2) is 0 Å². The molecule has 0 saturated carbocycles. The van der Waals surface area contributed by atoms with E-state index < -0.39 is 0 Å². The fraction of sp³-hybridized carbons (Fsp3) is 0.0909. The normalized spacial score (nSPS) is 11.7. The third-order valence-electron chi connectivity index (χ3n) is 2.10. The molecule has 0 amide bonds. The van der Waals surface area contributed by atoms with Gasteiger partial charge in [-0.1, -0.05) is 18.2 Å². The van der Waals surface area contributed by atoms with Crippen molar-refractivity contribution in [1.29, 1.82) is 0 Å². The van der Waals surface area contributed by atoms with Crippen molar-refractivity contribution in [3.8, 4) is 0 Å². The number of hydrogen-bond donors (Lipinski definition) is 2. The van der Waals surface area contributed by atoms with Gasteiger partial charge in [0.25, 0.3) is 0 Å².